The summed E-state index contributed by atoms with van der Waals surface area (Å²) in [7, 11) is 1.53. The molecule has 0 atom stereocenters. The fraction of sp³-hybridized carbons (Fsp3) is 0.652. The zero-order chi connectivity index (χ0) is 21.3. The SMILES string of the molecule is CCCCCCCCCCCOC(=O)CCCC(=O)Nc1cc(Cl)ccc1OC. The molecule has 0 heterocycles. The molecule has 0 aliphatic rings. The molecule has 1 aromatic carbocycles. The lowest BCUT2D eigenvalue weighted by Crippen LogP contribution is -2.13. The number of hydrogen-bond donors (Lipinski definition) is 1. The van der Waals surface area contributed by atoms with Crippen molar-refractivity contribution >= 4 is 29.2 Å². The molecule has 1 rings (SSSR count). The molecule has 6 heteroatoms. The van der Waals surface area contributed by atoms with E-state index in [0.717, 1.165) is 12.8 Å². The molecular weight excluding hydrogens is 390 g/mol. The van der Waals surface area contributed by atoms with E-state index in [9.17, 15) is 9.59 Å². The van der Waals surface area contributed by atoms with Crippen molar-refractivity contribution in [2.75, 3.05) is 19.0 Å². The van der Waals surface area contributed by atoms with Gasteiger partial charge in [0.1, 0.15) is 5.75 Å². The average Bonchev–Trinajstić information content (AvgIpc) is 2.69. The lowest BCUT2D eigenvalue weighted by molar-refractivity contribution is -0.143. The average molecular weight is 426 g/mol. The zero-order valence-electron chi connectivity index (χ0n) is 17.9. The van der Waals surface area contributed by atoms with Crippen LogP contribution in [0.15, 0.2) is 18.2 Å². The van der Waals surface area contributed by atoms with Crippen molar-refractivity contribution in [3.05, 3.63) is 23.2 Å². The molecule has 0 aliphatic carbocycles. The fourth-order valence-corrected chi connectivity index (χ4v) is 3.23. The number of rotatable bonds is 16. The van der Waals surface area contributed by atoms with Crippen LogP contribution in [0.4, 0.5) is 5.69 Å². The van der Waals surface area contributed by atoms with Crippen molar-refractivity contribution in [2.24, 2.45) is 0 Å². The van der Waals surface area contributed by atoms with Gasteiger partial charge in [0.15, 0.2) is 0 Å². The van der Waals surface area contributed by atoms with E-state index in [-0.39, 0.29) is 24.7 Å². The van der Waals surface area contributed by atoms with Crippen LogP contribution in [-0.2, 0) is 14.3 Å². The van der Waals surface area contributed by atoms with Crippen LogP contribution in [0, 0.1) is 0 Å². The summed E-state index contributed by atoms with van der Waals surface area (Å²) in [5, 5.41) is 3.28. The highest BCUT2D eigenvalue weighted by molar-refractivity contribution is 6.31. The van der Waals surface area contributed by atoms with Crippen molar-refractivity contribution in [1.29, 1.82) is 0 Å². The molecule has 1 amide bonds. The quantitative estimate of drug-likeness (QED) is 0.241. The van der Waals surface area contributed by atoms with Crippen LogP contribution in [0.5, 0.6) is 5.75 Å². The predicted molar refractivity (Wildman–Crippen MR) is 119 cm³/mol. The number of esters is 1. The number of anilines is 1. The summed E-state index contributed by atoms with van der Waals surface area (Å²) < 4.78 is 10.4. The Bertz CT molecular complexity index is 607. The minimum absolute atomic E-state index is 0.183. The maximum Gasteiger partial charge on any atom is 0.305 e. The lowest BCUT2D eigenvalue weighted by Gasteiger charge is -2.10. The van der Waals surface area contributed by atoms with Crippen LogP contribution in [0.2, 0.25) is 5.02 Å². The van der Waals surface area contributed by atoms with Crippen LogP contribution in [0.25, 0.3) is 0 Å². The minimum atomic E-state index is -0.238. The van der Waals surface area contributed by atoms with Crippen LogP contribution in [0.1, 0.15) is 84.0 Å². The van der Waals surface area contributed by atoms with E-state index in [1.54, 1.807) is 18.2 Å². The summed E-state index contributed by atoms with van der Waals surface area (Å²) in [6, 6.07) is 5.03. The molecule has 0 saturated carbocycles. The monoisotopic (exact) mass is 425 g/mol. The number of methoxy groups -OCH3 is 1. The van der Waals surface area contributed by atoms with Gasteiger partial charge >= 0.3 is 5.97 Å². The topological polar surface area (TPSA) is 64.6 Å². The molecule has 0 fully saturated rings. The van der Waals surface area contributed by atoms with Crippen molar-refractivity contribution in [1.82, 2.24) is 0 Å². The summed E-state index contributed by atoms with van der Waals surface area (Å²) in [5.41, 5.74) is 0.526. The maximum atomic E-state index is 12.1. The van der Waals surface area contributed by atoms with Gasteiger partial charge in [-0.25, -0.2) is 0 Å². The Kier molecular flexibility index (Phi) is 14.0. The Morgan fingerprint density at radius 3 is 2.24 bits per heavy atom. The standard InChI is InChI=1S/C23H36ClNO4/c1-3-4-5-6-7-8-9-10-11-17-29-23(27)14-12-13-22(26)25-20-18-19(24)15-16-21(20)28-2/h15-16,18H,3-14,17H2,1-2H3,(H,25,26). The number of halogens is 1. The summed E-state index contributed by atoms with van der Waals surface area (Å²) in [4.78, 5) is 23.8. The van der Waals surface area contributed by atoms with E-state index < -0.39 is 0 Å². The lowest BCUT2D eigenvalue weighted by atomic mass is 10.1. The molecule has 0 radical (unpaired) electrons. The highest BCUT2D eigenvalue weighted by Gasteiger charge is 2.10. The van der Waals surface area contributed by atoms with Crippen molar-refractivity contribution < 1.29 is 19.1 Å². The molecule has 1 aromatic rings. The van der Waals surface area contributed by atoms with Gasteiger partial charge in [-0.2, -0.15) is 0 Å². The highest BCUT2D eigenvalue weighted by atomic mass is 35.5. The van der Waals surface area contributed by atoms with Gasteiger partial charge < -0.3 is 14.8 Å². The predicted octanol–water partition coefficient (Wildman–Crippen LogP) is 6.53. The first-order valence-electron chi connectivity index (χ1n) is 10.9. The van der Waals surface area contributed by atoms with E-state index in [1.807, 2.05) is 0 Å². The van der Waals surface area contributed by atoms with Gasteiger partial charge in [-0.05, 0) is 31.0 Å². The molecular formula is C23H36ClNO4. The Morgan fingerprint density at radius 2 is 1.59 bits per heavy atom. The first-order chi connectivity index (χ1) is 14.1. The molecule has 29 heavy (non-hydrogen) atoms. The minimum Gasteiger partial charge on any atom is -0.495 e. The van der Waals surface area contributed by atoms with E-state index >= 15 is 0 Å². The van der Waals surface area contributed by atoms with Crippen molar-refractivity contribution in [3.8, 4) is 5.75 Å². The molecule has 0 spiro atoms. The first-order valence-corrected chi connectivity index (χ1v) is 11.2. The van der Waals surface area contributed by atoms with Crippen LogP contribution in [0.3, 0.4) is 0 Å². The number of unbranched alkanes of at least 4 members (excludes halogenated alkanes) is 8. The second-order valence-electron chi connectivity index (χ2n) is 7.30. The van der Waals surface area contributed by atoms with Gasteiger partial charge in [0.2, 0.25) is 5.91 Å². The summed E-state index contributed by atoms with van der Waals surface area (Å²) in [5.74, 6) is 0.123. The van der Waals surface area contributed by atoms with Crippen molar-refractivity contribution in [2.45, 2.75) is 84.0 Å². The summed E-state index contributed by atoms with van der Waals surface area (Å²) in [6.07, 6.45) is 12.0. The number of benzene rings is 1. The van der Waals surface area contributed by atoms with Crippen LogP contribution >= 0.6 is 11.6 Å². The molecule has 0 bridgehead atoms. The van der Waals surface area contributed by atoms with Crippen LogP contribution in [-0.4, -0.2) is 25.6 Å². The van der Waals surface area contributed by atoms with Gasteiger partial charge in [0.05, 0.1) is 19.4 Å². The summed E-state index contributed by atoms with van der Waals surface area (Å²) >= 11 is 5.95. The number of carbonyl (C=O) groups is 2. The fourth-order valence-electron chi connectivity index (χ4n) is 3.05. The van der Waals surface area contributed by atoms with E-state index in [1.165, 1.54) is 52.1 Å². The smallest absolute Gasteiger partial charge is 0.305 e. The van der Waals surface area contributed by atoms with E-state index in [4.69, 9.17) is 21.1 Å². The third-order valence-electron chi connectivity index (χ3n) is 4.73. The second kappa shape index (κ2) is 16.1. The Labute approximate surface area is 180 Å². The first kappa shape index (κ1) is 25.3. The highest BCUT2D eigenvalue weighted by Crippen LogP contribution is 2.27. The van der Waals surface area contributed by atoms with Gasteiger partial charge in [-0.3, -0.25) is 9.59 Å². The van der Waals surface area contributed by atoms with Gasteiger partial charge in [0, 0.05) is 17.9 Å². The normalized spacial score (nSPS) is 10.6. The van der Waals surface area contributed by atoms with Gasteiger partial charge in [-0.1, -0.05) is 69.9 Å². The second-order valence-corrected chi connectivity index (χ2v) is 7.73. The summed E-state index contributed by atoms with van der Waals surface area (Å²) in [6.45, 7) is 2.70. The largest absolute Gasteiger partial charge is 0.495 e. The van der Waals surface area contributed by atoms with E-state index in [0.29, 0.717) is 29.5 Å². The molecule has 164 valence electrons. The molecule has 5 nitrogen and oxygen atoms in total. The Balaban J connectivity index is 2.05. The molecule has 0 aromatic heterocycles. The third kappa shape index (κ3) is 12.4. The number of amides is 1. The third-order valence-corrected chi connectivity index (χ3v) is 4.97. The molecule has 0 saturated heterocycles. The van der Waals surface area contributed by atoms with E-state index in [2.05, 4.69) is 12.2 Å². The number of nitrogens with one attached hydrogen (secondary N) is 1. The molecule has 0 aliphatic heterocycles. The van der Waals surface area contributed by atoms with Gasteiger partial charge in [0.25, 0.3) is 0 Å². The Hall–Kier alpha value is -1.75. The number of carbonyl (C=O) groups excluding carboxylic acids is 2. The Morgan fingerprint density at radius 1 is 0.931 bits per heavy atom. The number of ether oxygens (including phenoxy) is 2. The van der Waals surface area contributed by atoms with Crippen molar-refractivity contribution in [3.63, 3.8) is 0 Å². The molecule has 0 unspecified atom stereocenters. The van der Waals surface area contributed by atoms with Gasteiger partial charge in [-0.15, -0.1) is 0 Å². The molecule has 1 N–H and O–H groups in total. The maximum absolute atomic E-state index is 12.1. The number of hydrogen-bond acceptors (Lipinski definition) is 4. The van der Waals surface area contributed by atoms with Crippen LogP contribution < -0.4 is 10.1 Å². The zero-order valence-corrected chi connectivity index (χ0v) is 18.7.